The van der Waals surface area contributed by atoms with Crippen molar-refractivity contribution in [3.63, 3.8) is 0 Å². The normalized spacial score (nSPS) is 10.0. The van der Waals surface area contributed by atoms with E-state index in [4.69, 9.17) is 14.9 Å². The van der Waals surface area contributed by atoms with Crippen LogP contribution in [0.1, 0.15) is 15.9 Å². The van der Waals surface area contributed by atoms with Crippen molar-refractivity contribution in [1.29, 1.82) is 0 Å². The van der Waals surface area contributed by atoms with E-state index in [1.807, 2.05) is 0 Å². The van der Waals surface area contributed by atoms with Crippen molar-refractivity contribution in [2.24, 2.45) is 0 Å². The molecular formula is C11H14O4. The molecule has 2 N–H and O–H groups in total. The number of benzene rings is 1. The summed E-state index contributed by atoms with van der Waals surface area (Å²) in [5.41, 5.74) is 1.32. The molecule has 82 valence electrons. The van der Waals surface area contributed by atoms with Crippen LogP contribution < -0.4 is 4.74 Å². The van der Waals surface area contributed by atoms with Crippen molar-refractivity contribution in [1.82, 2.24) is 0 Å². The van der Waals surface area contributed by atoms with Crippen molar-refractivity contribution in [2.75, 3.05) is 19.8 Å². The molecule has 4 heteroatoms. The lowest BCUT2D eigenvalue weighted by Gasteiger charge is -2.08. The number of aliphatic hydroxyl groups excluding tert-OH is 2. The van der Waals surface area contributed by atoms with E-state index in [1.54, 1.807) is 18.2 Å². The van der Waals surface area contributed by atoms with Crippen LogP contribution in [-0.2, 0) is 6.42 Å². The highest BCUT2D eigenvalue weighted by atomic mass is 16.5. The maximum absolute atomic E-state index is 10.7. The molecule has 4 nitrogen and oxygen atoms in total. The van der Waals surface area contributed by atoms with Crippen LogP contribution in [0.4, 0.5) is 0 Å². The van der Waals surface area contributed by atoms with Crippen LogP contribution >= 0.6 is 0 Å². The van der Waals surface area contributed by atoms with Gasteiger partial charge in [0.2, 0.25) is 0 Å². The maximum atomic E-state index is 10.7. The van der Waals surface area contributed by atoms with E-state index in [-0.39, 0.29) is 19.8 Å². The van der Waals surface area contributed by atoms with Gasteiger partial charge in [-0.1, -0.05) is 6.07 Å². The molecule has 0 saturated carbocycles. The average molecular weight is 210 g/mol. The number of ether oxygens (including phenoxy) is 1. The summed E-state index contributed by atoms with van der Waals surface area (Å²) in [6, 6.07) is 5.14. The summed E-state index contributed by atoms with van der Waals surface area (Å²) >= 11 is 0. The Balaban J connectivity index is 2.83. The Hall–Kier alpha value is -1.39. The van der Waals surface area contributed by atoms with E-state index >= 15 is 0 Å². The average Bonchev–Trinajstić information content (AvgIpc) is 2.27. The van der Waals surface area contributed by atoms with Gasteiger partial charge in [0.15, 0.2) is 6.29 Å². The van der Waals surface area contributed by atoms with Gasteiger partial charge in [-0.3, -0.25) is 4.79 Å². The molecule has 0 heterocycles. The summed E-state index contributed by atoms with van der Waals surface area (Å²) in [7, 11) is 0. The second kappa shape index (κ2) is 6.16. The molecule has 1 rings (SSSR count). The molecule has 0 spiro atoms. The number of aldehydes is 1. The molecule has 0 fully saturated rings. The van der Waals surface area contributed by atoms with Crippen LogP contribution in [0.3, 0.4) is 0 Å². The molecule has 15 heavy (non-hydrogen) atoms. The highest BCUT2D eigenvalue weighted by Gasteiger charge is 2.04. The third-order valence-corrected chi connectivity index (χ3v) is 1.95. The number of hydrogen-bond donors (Lipinski definition) is 2. The molecular weight excluding hydrogens is 196 g/mol. The Bertz CT molecular complexity index is 322. The van der Waals surface area contributed by atoms with Crippen LogP contribution in [0.25, 0.3) is 0 Å². The van der Waals surface area contributed by atoms with Crippen LogP contribution in [0.5, 0.6) is 5.75 Å². The predicted molar refractivity (Wildman–Crippen MR) is 55.2 cm³/mol. The Labute approximate surface area is 88.1 Å². The van der Waals surface area contributed by atoms with Crippen molar-refractivity contribution in [3.8, 4) is 5.75 Å². The van der Waals surface area contributed by atoms with E-state index in [2.05, 4.69) is 0 Å². The largest absolute Gasteiger partial charge is 0.490 e. The Morgan fingerprint density at radius 2 is 2.07 bits per heavy atom. The molecule has 0 aliphatic rings. The minimum absolute atomic E-state index is 0.0507. The third-order valence-electron chi connectivity index (χ3n) is 1.95. The monoisotopic (exact) mass is 210 g/mol. The van der Waals surface area contributed by atoms with Gasteiger partial charge in [0.1, 0.15) is 12.4 Å². The molecule has 0 saturated heterocycles. The first-order valence-electron chi connectivity index (χ1n) is 4.74. The van der Waals surface area contributed by atoms with Crippen molar-refractivity contribution in [3.05, 3.63) is 29.3 Å². The minimum atomic E-state index is -0.0866. The summed E-state index contributed by atoms with van der Waals surface area (Å²) < 4.78 is 5.17. The Kier molecular flexibility index (Phi) is 4.80. The lowest BCUT2D eigenvalue weighted by molar-refractivity contribution is 0.111. The molecule has 1 aromatic rings. The van der Waals surface area contributed by atoms with Crippen LogP contribution in [0.15, 0.2) is 18.2 Å². The molecule has 0 atom stereocenters. The van der Waals surface area contributed by atoms with E-state index in [0.29, 0.717) is 24.0 Å². The maximum Gasteiger partial charge on any atom is 0.153 e. The quantitative estimate of drug-likeness (QED) is 0.667. The van der Waals surface area contributed by atoms with Crippen LogP contribution in [0, 0.1) is 0 Å². The molecule has 0 unspecified atom stereocenters. The van der Waals surface area contributed by atoms with E-state index in [0.717, 1.165) is 5.56 Å². The first kappa shape index (κ1) is 11.7. The highest BCUT2D eigenvalue weighted by molar-refractivity contribution is 5.79. The summed E-state index contributed by atoms with van der Waals surface area (Å²) in [5.74, 6) is 0.459. The molecule has 0 aromatic heterocycles. The van der Waals surface area contributed by atoms with Gasteiger partial charge in [-0.2, -0.15) is 0 Å². The molecule has 0 aliphatic heterocycles. The van der Waals surface area contributed by atoms with Gasteiger partial charge in [-0.15, -0.1) is 0 Å². The third kappa shape index (κ3) is 3.34. The summed E-state index contributed by atoms with van der Waals surface area (Å²) in [6.45, 7) is 0.131. The van der Waals surface area contributed by atoms with Gasteiger partial charge in [0.25, 0.3) is 0 Å². The van der Waals surface area contributed by atoms with E-state index in [9.17, 15) is 4.79 Å². The number of aliphatic hydroxyl groups is 2. The zero-order valence-corrected chi connectivity index (χ0v) is 8.35. The first-order chi connectivity index (χ1) is 7.31. The molecule has 0 aliphatic carbocycles. The van der Waals surface area contributed by atoms with Gasteiger partial charge >= 0.3 is 0 Å². The lowest BCUT2D eigenvalue weighted by Crippen LogP contribution is -2.04. The summed E-state index contributed by atoms with van der Waals surface area (Å²) in [6.07, 6.45) is 1.22. The number of rotatable bonds is 6. The molecule has 0 radical (unpaired) electrons. The van der Waals surface area contributed by atoms with Crippen molar-refractivity contribution in [2.45, 2.75) is 6.42 Å². The zero-order valence-electron chi connectivity index (χ0n) is 8.35. The molecule has 0 bridgehead atoms. The molecule has 1 aromatic carbocycles. The highest BCUT2D eigenvalue weighted by Crippen LogP contribution is 2.18. The fraction of sp³-hybridized carbons (Fsp3) is 0.364. The number of hydrogen-bond acceptors (Lipinski definition) is 4. The van der Waals surface area contributed by atoms with Gasteiger partial charge in [0, 0.05) is 6.61 Å². The summed E-state index contributed by atoms with van der Waals surface area (Å²) in [5, 5.41) is 17.3. The first-order valence-corrected chi connectivity index (χ1v) is 4.74. The van der Waals surface area contributed by atoms with E-state index < -0.39 is 0 Å². The van der Waals surface area contributed by atoms with Crippen molar-refractivity contribution < 1.29 is 19.7 Å². The van der Waals surface area contributed by atoms with Gasteiger partial charge in [-0.05, 0) is 24.1 Å². The predicted octanol–water partition coefficient (Wildman–Crippen LogP) is 0.405. The minimum Gasteiger partial charge on any atom is -0.490 e. The topological polar surface area (TPSA) is 66.8 Å². The lowest BCUT2D eigenvalue weighted by atomic mass is 10.1. The zero-order chi connectivity index (χ0) is 11.1. The smallest absolute Gasteiger partial charge is 0.153 e. The number of carbonyl (C=O) groups is 1. The SMILES string of the molecule is O=Cc1cc(CCO)ccc1OCCO. The van der Waals surface area contributed by atoms with Gasteiger partial charge < -0.3 is 14.9 Å². The summed E-state index contributed by atoms with van der Waals surface area (Å²) in [4.78, 5) is 10.7. The second-order valence-corrected chi connectivity index (χ2v) is 3.04. The fourth-order valence-electron chi connectivity index (χ4n) is 1.26. The van der Waals surface area contributed by atoms with E-state index in [1.165, 1.54) is 0 Å². The number of carbonyl (C=O) groups excluding carboxylic acids is 1. The molecule has 0 amide bonds. The van der Waals surface area contributed by atoms with Gasteiger partial charge in [0.05, 0.1) is 12.2 Å². The fourth-order valence-corrected chi connectivity index (χ4v) is 1.26. The Morgan fingerprint density at radius 3 is 2.67 bits per heavy atom. The van der Waals surface area contributed by atoms with Crippen LogP contribution in [-0.4, -0.2) is 36.3 Å². The Morgan fingerprint density at radius 1 is 1.27 bits per heavy atom. The second-order valence-electron chi connectivity index (χ2n) is 3.04. The van der Waals surface area contributed by atoms with Crippen LogP contribution in [0.2, 0.25) is 0 Å². The van der Waals surface area contributed by atoms with Gasteiger partial charge in [-0.25, -0.2) is 0 Å². The standard InChI is InChI=1S/C11H14O4/c12-4-3-9-1-2-11(15-6-5-13)10(7-9)8-14/h1-2,7-8,12-13H,3-6H2. The van der Waals surface area contributed by atoms with Crippen molar-refractivity contribution >= 4 is 6.29 Å².